The average Bonchev–Trinajstić information content (AvgIpc) is 3.96. The molecule has 0 amide bonds. The second kappa shape index (κ2) is 9.51. The fourth-order valence-electron chi connectivity index (χ4n) is 11.2. The van der Waals surface area contributed by atoms with Gasteiger partial charge < -0.3 is 14.4 Å². The second-order valence-corrected chi connectivity index (χ2v) is 15.6. The van der Waals surface area contributed by atoms with E-state index in [1.807, 2.05) is 0 Å². The zero-order chi connectivity index (χ0) is 35.7. The lowest BCUT2D eigenvalue weighted by molar-refractivity contribution is -0.724. The third-order valence-corrected chi connectivity index (χ3v) is 13.3. The first kappa shape index (κ1) is 28.4. The number of rotatable bonds is 2. The van der Waals surface area contributed by atoms with E-state index in [0.717, 1.165) is 0 Å². The van der Waals surface area contributed by atoms with Gasteiger partial charge in [0.05, 0.1) is 56.5 Å². The van der Waals surface area contributed by atoms with Crippen molar-refractivity contribution in [2.45, 2.75) is 11.7 Å². The summed E-state index contributed by atoms with van der Waals surface area (Å²) in [7, 11) is 2.32. The van der Waals surface area contributed by atoms with Gasteiger partial charge in [-0.05, 0) is 89.0 Å². The molecule has 55 heavy (non-hydrogen) atoms. The number of hydrogen-bond acceptors (Lipinski definition) is 2. The van der Waals surface area contributed by atoms with Crippen molar-refractivity contribution in [3.05, 3.63) is 181 Å². The van der Waals surface area contributed by atoms with Crippen molar-refractivity contribution in [3.8, 4) is 33.6 Å². The van der Waals surface area contributed by atoms with Crippen LogP contribution < -0.4 is 14.4 Å². The van der Waals surface area contributed by atoms with E-state index >= 15 is 0 Å². The molecule has 1 spiro atoms. The van der Waals surface area contributed by atoms with E-state index in [2.05, 4.69) is 201 Å². The molecule has 2 unspecified atom stereocenters. The van der Waals surface area contributed by atoms with E-state index in [4.69, 9.17) is 0 Å². The Morgan fingerprint density at radius 3 is 1.89 bits per heavy atom. The van der Waals surface area contributed by atoms with Crippen molar-refractivity contribution < 1.29 is 4.57 Å². The SMILES string of the molecule is CN1c2cc(-c3ccc(-c4ccccc4)cc3)ccc2N2c3cccc4c3C3(c5c(ccc6c7ccccc7n-4c56)-n4c5ccccc5c5ccc[n+]3c54)C12. The summed E-state index contributed by atoms with van der Waals surface area (Å²) < 4.78 is 7.77. The molecule has 7 aromatic carbocycles. The minimum absolute atomic E-state index is 0.0483. The number of pyridine rings is 1. The third-order valence-electron chi connectivity index (χ3n) is 13.3. The molecule has 256 valence electrons. The van der Waals surface area contributed by atoms with Gasteiger partial charge in [-0.2, -0.15) is 4.57 Å². The van der Waals surface area contributed by atoms with Crippen LogP contribution in [0.3, 0.4) is 0 Å². The molecular weight excluding hydrogens is 671 g/mol. The maximum Gasteiger partial charge on any atom is 0.296 e. The standard InChI is InChI=1S/C50H32N5/c1-51-44-29-33(32-22-20-31(21-23-32)30-11-3-2-4-12-30)24-26-40(44)55-42-19-9-18-41-45(42)50(49(51)55)46-43(27-25-36-34-13-5-7-16-38(34)53(41)47(36)46)54-39-17-8-6-14-35(39)37-15-10-28-52(50)48(37)54/h2-29,49H,1H3/q+1. The number of aromatic nitrogens is 3. The first-order chi connectivity index (χ1) is 27.2. The number of likely N-dealkylation sites (N-methyl/N-ethyl adjacent to an activating group) is 1. The highest BCUT2D eigenvalue weighted by Gasteiger charge is 2.68. The molecule has 0 N–H and O–H groups in total. The predicted octanol–water partition coefficient (Wildman–Crippen LogP) is 10.8. The van der Waals surface area contributed by atoms with Gasteiger partial charge in [0.1, 0.15) is 11.2 Å². The Morgan fingerprint density at radius 2 is 1.07 bits per heavy atom. The molecular formula is C50H32N5+. The van der Waals surface area contributed by atoms with E-state index in [-0.39, 0.29) is 6.17 Å². The van der Waals surface area contributed by atoms with Crippen molar-refractivity contribution >= 4 is 60.8 Å². The summed E-state index contributed by atoms with van der Waals surface area (Å²) in [4.78, 5) is 5.23. The lowest BCUT2D eigenvalue weighted by atomic mass is 9.75. The fourth-order valence-corrected chi connectivity index (χ4v) is 11.2. The van der Waals surface area contributed by atoms with Gasteiger partial charge in [0.25, 0.3) is 5.65 Å². The van der Waals surface area contributed by atoms with Crippen LogP contribution >= 0.6 is 0 Å². The van der Waals surface area contributed by atoms with E-state index in [1.165, 1.54) is 106 Å². The minimum Gasteiger partial charge on any atom is -0.348 e. The first-order valence-corrected chi connectivity index (χ1v) is 19.2. The Bertz CT molecular complexity index is 3350. The summed E-state index contributed by atoms with van der Waals surface area (Å²) in [5, 5.41) is 5.16. The highest BCUT2D eigenvalue weighted by Crippen LogP contribution is 2.64. The Hall–Kier alpha value is -7.11. The molecule has 4 aliphatic rings. The Kier molecular flexibility index (Phi) is 4.91. The fraction of sp³-hybridized carbons (Fsp3) is 0.0600. The summed E-state index contributed by atoms with van der Waals surface area (Å²) in [5.41, 5.74) is 18.4. The molecule has 14 rings (SSSR count). The van der Waals surface area contributed by atoms with E-state index < -0.39 is 5.54 Å². The van der Waals surface area contributed by atoms with Crippen LogP contribution in [0.4, 0.5) is 17.1 Å². The topological polar surface area (TPSA) is 20.2 Å². The molecule has 5 nitrogen and oxygen atoms in total. The highest BCUT2D eigenvalue weighted by atomic mass is 15.5. The van der Waals surface area contributed by atoms with Gasteiger partial charge in [-0.1, -0.05) is 97.1 Å². The predicted molar refractivity (Wildman–Crippen MR) is 223 cm³/mol. The molecule has 7 heterocycles. The number of benzene rings is 7. The molecule has 0 radical (unpaired) electrons. The molecule has 3 aromatic heterocycles. The molecule has 0 aliphatic carbocycles. The second-order valence-electron chi connectivity index (χ2n) is 15.6. The van der Waals surface area contributed by atoms with Crippen molar-refractivity contribution in [1.82, 2.24) is 9.13 Å². The zero-order valence-electron chi connectivity index (χ0n) is 30.0. The smallest absolute Gasteiger partial charge is 0.296 e. The van der Waals surface area contributed by atoms with Crippen LogP contribution in [0.1, 0.15) is 11.1 Å². The molecule has 2 atom stereocenters. The number of anilines is 3. The summed E-state index contributed by atoms with van der Waals surface area (Å²) in [6.45, 7) is 0. The summed E-state index contributed by atoms with van der Waals surface area (Å²) >= 11 is 0. The van der Waals surface area contributed by atoms with Crippen LogP contribution in [0.5, 0.6) is 0 Å². The Balaban J connectivity index is 1.08. The average molecular weight is 703 g/mol. The van der Waals surface area contributed by atoms with Crippen LogP contribution in [0.15, 0.2) is 170 Å². The first-order valence-electron chi connectivity index (χ1n) is 19.2. The lowest BCUT2D eigenvalue weighted by Crippen LogP contribution is -2.70. The van der Waals surface area contributed by atoms with Crippen molar-refractivity contribution in [3.63, 3.8) is 0 Å². The maximum absolute atomic E-state index is 2.66. The van der Waals surface area contributed by atoms with Crippen LogP contribution in [-0.2, 0) is 5.54 Å². The van der Waals surface area contributed by atoms with Crippen molar-refractivity contribution in [1.29, 1.82) is 0 Å². The van der Waals surface area contributed by atoms with Crippen molar-refractivity contribution in [2.75, 3.05) is 16.8 Å². The molecule has 4 aliphatic heterocycles. The van der Waals surface area contributed by atoms with Gasteiger partial charge >= 0.3 is 0 Å². The van der Waals surface area contributed by atoms with Crippen LogP contribution in [0.25, 0.3) is 77.4 Å². The van der Waals surface area contributed by atoms with Gasteiger partial charge in [-0.3, -0.25) is 0 Å². The Morgan fingerprint density at radius 1 is 0.455 bits per heavy atom. The zero-order valence-corrected chi connectivity index (χ0v) is 30.0. The van der Waals surface area contributed by atoms with Crippen LogP contribution in [0, 0.1) is 0 Å². The van der Waals surface area contributed by atoms with Crippen LogP contribution in [-0.4, -0.2) is 22.3 Å². The third kappa shape index (κ3) is 3.09. The summed E-state index contributed by atoms with van der Waals surface area (Å²) in [6.07, 6.45) is 2.31. The molecule has 0 saturated carbocycles. The Labute approximate surface area is 316 Å². The van der Waals surface area contributed by atoms with Gasteiger partial charge in [-0.25, -0.2) is 4.57 Å². The van der Waals surface area contributed by atoms with Gasteiger partial charge in [0, 0.05) is 23.2 Å². The minimum atomic E-state index is -0.555. The maximum atomic E-state index is 2.66. The number of nitrogens with zero attached hydrogens (tertiary/aromatic N) is 5. The molecule has 0 bridgehead atoms. The monoisotopic (exact) mass is 702 g/mol. The van der Waals surface area contributed by atoms with E-state index in [9.17, 15) is 0 Å². The van der Waals surface area contributed by atoms with Gasteiger partial charge in [0.2, 0.25) is 5.54 Å². The molecule has 5 heteroatoms. The highest BCUT2D eigenvalue weighted by molar-refractivity contribution is 6.15. The number of hydrogen-bond donors (Lipinski definition) is 0. The number of para-hydroxylation sites is 2. The lowest BCUT2D eigenvalue weighted by Gasteiger charge is -2.43. The van der Waals surface area contributed by atoms with E-state index in [0.29, 0.717) is 0 Å². The molecule has 0 fully saturated rings. The summed E-state index contributed by atoms with van der Waals surface area (Å²) in [5.74, 6) is 0. The molecule has 10 aromatic rings. The van der Waals surface area contributed by atoms with Crippen LogP contribution in [0.2, 0.25) is 0 Å². The van der Waals surface area contributed by atoms with Gasteiger partial charge in [0.15, 0.2) is 6.17 Å². The van der Waals surface area contributed by atoms with Gasteiger partial charge in [-0.15, -0.1) is 0 Å². The quantitative estimate of drug-likeness (QED) is 0.167. The van der Waals surface area contributed by atoms with Crippen molar-refractivity contribution in [2.24, 2.45) is 0 Å². The summed E-state index contributed by atoms with van der Waals surface area (Å²) in [6, 6.07) is 61.0. The largest absolute Gasteiger partial charge is 0.348 e. The van der Waals surface area contributed by atoms with E-state index in [1.54, 1.807) is 0 Å². The number of fused-ring (bicyclic) bond motifs is 12. The normalized spacial score (nSPS) is 18.1. The molecule has 0 saturated heterocycles.